The van der Waals surface area contributed by atoms with Crippen molar-refractivity contribution >= 4 is 5.91 Å². The summed E-state index contributed by atoms with van der Waals surface area (Å²) < 4.78 is 0. The summed E-state index contributed by atoms with van der Waals surface area (Å²) in [6.45, 7) is 0.343. The van der Waals surface area contributed by atoms with Gasteiger partial charge in [0.25, 0.3) is 0 Å². The van der Waals surface area contributed by atoms with Crippen LogP contribution in [0, 0.1) is 11.3 Å². The molecule has 5 N–H and O–H groups in total. The number of rotatable bonds is 6. The summed E-state index contributed by atoms with van der Waals surface area (Å²) in [7, 11) is 0. The van der Waals surface area contributed by atoms with Crippen LogP contribution in [0.15, 0.2) is 0 Å². The fraction of sp³-hybridized carbons (Fsp3) is 0.875. The number of hydrogen-bond donors (Lipinski definition) is 4. The van der Waals surface area contributed by atoms with Crippen molar-refractivity contribution in [2.75, 3.05) is 19.8 Å². The van der Waals surface area contributed by atoms with Crippen LogP contribution >= 0.6 is 0 Å². The highest BCUT2D eigenvalue weighted by Crippen LogP contribution is 2.28. The van der Waals surface area contributed by atoms with E-state index >= 15 is 0 Å². The molecule has 1 unspecified atom stereocenters. The van der Waals surface area contributed by atoms with Crippen molar-refractivity contribution in [3.63, 3.8) is 0 Å². The lowest BCUT2D eigenvalue weighted by Crippen LogP contribution is -2.47. The molecule has 0 heterocycles. The molecule has 78 valence electrons. The van der Waals surface area contributed by atoms with E-state index in [0.29, 0.717) is 6.42 Å². The molecule has 13 heavy (non-hydrogen) atoms. The van der Waals surface area contributed by atoms with Gasteiger partial charge in [-0.3, -0.25) is 4.79 Å². The van der Waals surface area contributed by atoms with Crippen molar-refractivity contribution in [1.82, 2.24) is 0 Å². The highest BCUT2D eigenvalue weighted by atomic mass is 16.3. The van der Waals surface area contributed by atoms with E-state index in [2.05, 4.69) is 0 Å². The zero-order valence-corrected chi connectivity index (χ0v) is 7.73. The molecule has 0 saturated heterocycles. The number of aliphatic hydroxyl groups excluding tert-OH is 3. The lowest BCUT2D eigenvalue weighted by molar-refractivity contribution is -0.132. The zero-order chi connectivity index (χ0) is 10.5. The van der Waals surface area contributed by atoms with Crippen molar-refractivity contribution in [2.24, 2.45) is 17.1 Å². The van der Waals surface area contributed by atoms with Gasteiger partial charge in [0.15, 0.2) is 0 Å². The molecule has 0 spiro atoms. The molecule has 1 atom stereocenters. The number of hydrogen-bond acceptors (Lipinski definition) is 4. The van der Waals surface area contributed by atoms with Gasteiger partial charge in [-0.05, 0) is 6.42 Å². The molecular formula is C8H17NO4. The van der Waals surface area contributed by atoms with Crippen molar-refractivity contribution < 1.29 is 20.1 Å². The van der Waals surface area contributed by atoms with Gasteiger partial charge in [-0.25, -0.2) is 0 Å². The Hall–Kier alpha value is -0.650. The Bertz CT molecular complexity index is 159. The summed E-state index contributed by atoms with van der Waals surface area (Å²) in [4.78, 5) is 10.9. The number of amides is 1. The van der Waals surface area contributed by atoms with Gasteiger partial charge < -0.3 is 21.1 Å². The fourth-order valence-electron chi connectivity index (χ4n) is 1.42. The average molecular weight is 191 g/mol. The van der Waals surface area contributed by atoms with Crippen LogP contribution in [0.3, 0.4) is 0 Å². The summed E-state index contributed by atoms with van der Waals surface area (Å²) in [5.41, 5.74) is 3.89. The summed E-state index contributed by atoms with van der Waals surface area (Å²) in [5, 5.41) is 27.0. The minimum absolute atomic E-state index is 0.386. The van der Waals surface area contributed by atoms with Crippen molar-refractivity contribution in [1.29, 1.82) is 0 Å². The Labute approximate surface area is 77.2 Å². The Morgan fingerprint density at radius 2 is 1.69 bits per heavy atom. The largest absolute Gasteiger partial charge is 0.396 e. The van der Waals surface area contributed by atoms with Crippen LogP contribution < -0.4 is 5.73 Å². The maximum Gasteiger partial charge on any atom is 0.221 e. The molecule has 0 aliphatic rings. The van der Waals surface area contributed by atoms with E-state index in [4.69, 9.17) is 21.1 Å². The Morgan fingerprint density at radius 3 is 1.77 bits per heavy atom. The molecule has 0 aromatic heterocycles. The lowest BCUT2D eigenvalue weighted by atomic mass is 9.75. The van der Waals surface area contributed by atoms with Gasteiger partial charge >= 0.3 is 0 Å². The molecule has 0 aliphatic heterocycles. The average Bonchev–Trinajstić information content (AvgIpc) is 2.13. The van der Waals surface area contributed by atoms with Crippen molar-refractivity contribution in [3.8, 4) is 0 Å². The second-order valence-electron chi connectivity index (χ2n) is 3.20. The fourth-order valence-corrected chi connectivity index (χ4v) is 1.42. The van der Waals surface area contributed by atoms with Crippen LogP contribution in [0.2, 0.25) is 0 Å². The molecule has 1 amide bonds. The molecule has 5 nitrogen and oxygen atoms in total. The van der Waals surface area contributed by atoms with Crippen LogP contribution in [0.1, 0.15) is 13.3 Å². The predicted molar refractivity (Wildman–Crippen MR) is 46.7 cm³/mol. The maximum atomic E-state index is 10.9. The Morgan fingerprint density at radius 1 is 1.31 bits per heavy atom. The second kappa shape index (κ2) is 5.16. The van der Waals surface area contributed by atoms with Gasteiger partial charge in [-0.15, -0.1) is 0 Å². The monoisotopic (exact) mass is 191 g/mol. The number of primary amides is 1. The first-order chi connectivity index (χ1) is 6.07. The minimum atomic E-state index is -1.19. The van der Waals surface area contributed by atoms with Crippen LogP contribution in [0.4, 0.5) is 0 Å². The van der Waals surface area contributed by atoms with Crippen molar-refractivity contribution in [3.05, 3.63) is 0 Å². The molecular weight excluding hydrogens is 174 g/mol. The van der Waals surface area contributed by atoms with E-state index < -0.39 is 37.1 Å². The molecule has 0 aliphatic carbocycles. The van der Waals surface area contributed by atoms with Gasteiger partial charge in [0.1, 0.15) is 0 Å². The Kier molecular flexibility index (Phi) is 4.90. The lowest BCUT2D eigenvalue weighted by Gasteiger charge is -2.33. The summed E-state index contributed by atoms with van der Waals surface area (Å²) in [6, 6.07) is 0. The highest BCUT2D eigenvalue weighted by molar-refractivity contribution is 5.77. The van der Waals surface area contributed by atoms with E-state index in [-0.39, 0.29) is 0 Å². The van der Waals surface area contributed by atoms with Gasteiger partial charge in [-0.2, -0.15) is 0 Å². The first-order valence-corrected chi connectivity index (χ1v) is 4.19. The predicted octanol–water partition coefficient (Wildman–Crippen LogP) is -1.54. The van der Waals surface area contributed by atoms with Crippen LogP contribution in [0.25, 0.3) is 0 Å². The first kappa shape index (κ1) is 12.3. The third kappa shape index (κ3) is 2.40. The third-order valence-electron chi connectivity index (χ3n) is 2.44. The Balaban J connectivity index is 4.76. The second-order valence-corrected chi connectivity index (χ2v) is 3.20. The van der Waals surface area contributed by atoms with Gasteiger partial charge in [0, 0.05) is 5.92 Å². The standard InChI is InChI=1S/C8H17NO4/c1-2-6(7(9)13)8(3-10,4-11)5-12/h6,10-12H,2-5H2,1H3,(H2,9,13). The molecule has 0 saturated carbocycles. The minimum Gasteiger partial charge on any atom is -0.396 e. The van der Waals surface area contributed by atoms with Crippen molar-refractivity contribution in [2.45, 2.75) is 13.3 Å². The first-order valence-electron chi connectivity index (χ1n) is 4.19. The number of carbonyl (C=O) groups is 1. The molecule has 0 radical (unpaired) electrons. The smallest absolute Gasteiger partial charge is 0.221 e. The maximum absolute atomic E-state index is 10.9. The molecule has 0 aromatic carbocycles. The van der Waals surface area contributed by atoms with E-state index in [9.17, 15) is 4.79 Å². The molecule has 0 bridgehead atoms. The molecule has 5 heteroatoms. The van der Waals surface area contributed by atoms with E-state index in [1.807, 2.05) is 0 Å². The normalized spacial score (nSPS) is 14.2. The molecule has 0 aromatic rings. The molecule has 0 rings (SSSR count). The van der Waals surface area contributed by atoms with Gasteiger partial charge in [-0.1, -0.05) is 6.92 Å². The topological polar surface area (TPSA) is 104 Å². The summed E-state index contributed by atoms with van der Waals surface area (Å²) in [6.07, 6.45) is 0.386. The highest BCUT2D eigenvalue weighted by Gasteiger charge is 2.39. The summed E-state index contributed by atoms with van der Waals surface area (Å²) in [5.74, 6) is -1.31. The third-order valence-corrected chi connectivity index (χ3v) is 2.44. The SMILES string of the molecule is CCC(C(N)=O)C(CO)(CO)CO. The number of aliphatic hydroxyl groups is 3. The zero-order valence-electron chi connectivity index (χ0n) is 7.73. The van der Waals surface area contributed by atoms with Gasteiger partial charge in [0.05, 0.1) is 25.2 Å². The van der Waals surface area contributed by atoms with E-state index in [1.165, 1.54) is 0 Å². The van der Waals surface area contributed by atoms with E-state index in [1.54, 1.807) is 6.92 Å². The van der Waals surface area contributed by atoms with Crippen LogP contribution in [-0.4, -0.2) is 41.0 Å². The van der Waals surface area contributed by atoms with E-state index in [0.717, 1.165) is 0 Å². The quantitative estimate of drug-likeness (QED) is 0.408. The van der Waals surface area contributed by atoms with Crippen LogP contribution in [0.5, 0.6) is 0 Å². The summed E-state index contributed by atoms with van der Waals surface area (Å²) >= 11 is 0. The molecule has 0 fully saturated rings. The van der Waals surface area contributed by atoms with Gasteiger partial charge in [0.2, 0.25) is 5.91 Å². The van der Waals surface area contributed by atoms with Crippen LogP contribution in [-0.2, 0) is 4.79 Å². The number of carbonyl (C=O) groups excluding carboxylic acids is 1. The number of nitrogens with two attached hydrogens (primary N) is 1.